The topological polar surface area (TPSA) is 54.0 Å². The van der Waals surface area contributed by atoms with Crippen molar-refractivity contribution in [2.24, 2.45) is 0 Å². The molecule has 1 amide bonds. The van der Waals surface area contributed by atoms with Gasteiger partial charge in [-0.15, -0.1) is 0 Å². The van der Waals surface area contributed by atoms with E-state index in [0.717, 1.165) is 25.1 Å². The summed E-state index contributed by atoms with van der Waals surface area (Å²) in [5, 5.41) is 6.40. The van der Waals surface area contributed by atoms with Crippen LogP contribution >= 0.6 is 0 Å². The van der Waals surface area contributed by atoms with Crippen LogP contribution in [-0.2, 0) is 0 Å². The van der Waals surface area contributed by atoms with Crippen LogP contribution in [0.3, 0.4) is 0 Å². The van der Waals surface area contributed by atoms with E-state index in [1.54, 1.807) is 12.4 Å². The summed E-state index contributed by atoms with van der Waals surface area (Å²) >= 11 is 0. The predicted molar refractivity (Wildman–Crippen MR) is 82.0 cm³/mol. The van der Waals surface area contributed by atoms with E-state index in [1.165, 1.54) is 32.1 Å². The highest BCUT2D eigenvalue weighted by molar-refractivity contribution is 5.99. The third-order valence-corrected chi connectivity index (χ3v) is 3.87. The van der Waals surface area contributed by atoms with E-state index < -0.39 is 0 Å². The molecular weight excluding hydrogens is 250 g/mol. The van der Waals surface area contributed by atoms with Crippen LogP contribution in [0.5, 0.6) is 0 Å². The van der Waals surface area contributed by atoms with E-state index in [2.05, 4.69) is 15.6 Å². The maximum absolute atomic E-state index is 12.4. The van der Waals surface area contributed by atoms with Crippen LogP contribution in [0.15, 0.2) is 18.5 Å². The average molecular weight is 275 g/mol. The van der Waals surface area contributed by atoms with Crippen molar-refractivity contribution in [2.75, 3.05) is 11.9 Å². The van der Waals surface area contributed by atoms with Crippen molar-refractivity contribution in [1.29, 1.82) is 0 Å². The van der Waals surface area contributed by atoms with Crippen molar-refractivity contribution in [3.63, 3.8) is 0 Å². The first-order chi connectivity index (χ1) is 9.81. The molecule has 4 nitrogen and oxygen atoms in total. The molecule has 20 heavy (non-hydrogen) atoms. The minimum atomic E-state index is -0.000349. The Morgan fingerprint density at radius 2 is 1.95 bits per heavy atom. The first kappa shape index (κ1) is 14.8. The van der Waals surface area contributed by atoms with E-state index >= 15 is 0 Å². The highest BCUT2D eigenvalue weighted by Crippen LogP contribution is 2.19. The Bertz CT molecular complexity index is 425. The zero-order chi connectivity index (χ0) is 14.2. The monoisotopic (exact) mass is 275 g/mol. The molecule has 0 aliphatic heterocycles. The molecule has 1 aliphatic rings. The van der Waals surface area contributed by atoms with E-state index in [4.69, 9.17) is 0 Å². The van der Waals surface area contributed by atoms with Crippen LogP contribution in [0.25, 0.3) is 0 Å². The van der Waals surface area contributed by atoms with Crippen LogP contribution in [0.4, 0.5) is 5.69 Å². The average Bonchev–Trinajstić information content (AvgIpc) is 2.42. The number of carbonyl (C=O) groups excluding carboxylic acids is 1. The lowest BCUT2D eigenvalue weighted by molar-refractivity contribution is 0.0931. The second-order valence-electron chi connectivity index (χ2n) is 5.47. The fourth-order valence-corrected chi connectivity index (χ4v) is 2.78. The van der Waals surface area contributed by atoms with Crippen LogP contribution in [0.1, 0.15) is 62.2 Å². The zero-order valence-corrected chi connectivity index (χ0v) is 12.3. The van der Waals surface area contributed by atoms with Crippen LogP contribution < -0.4 is 10.6 Å². The SMILES string of the molecule is CCNc1ccncc1C(=O)NC1CCCCCCC1. The number of carbonyl (C=O) groups is 1. The molecule has 0 radical (unpaired) electrons. The molecule has 0 unspecified atom stereocenters. The molecule has 1 aromatic heterocycles. The molecule has 0 saturated heterocycles. The quantitative estimate of drug-likeness (QED) is 0.886. The molecule has 0 bridgehead atoms. The lowest BCUT2D eigenvalue weighted by Crippen LogP contribution is -2.35. The number of nitrogens with one attached hydrogen (secondary N) is 2. The van der Waals surface area contributed by atoms with Gasteiger partial charge in [0.05, 0.1) is 11.3 Å². The Hall–Kier alpha value is -1.58. The summed E-state index contributed by atoms with van der Waals surface area (Å²) in [7, 11) is 0. The lowest BCUT2D eigenvalue weighted by Gasteiger charge is -2.21. The molecule has 0 atom stereocenters. The van der Waals surface area contributed by atoms with Crippen LogP contribution in [0.2, 0.25) is 0 Å². The number of hydrogen-bond acceptors (Lipinski definition) is 3. The molecule has 1 heterocycles. The Balaban J connectivity index is 1.99. The highest BCUT2D eigenvalue weighted by Gasteiger charge is 2.17. The van der Waals surface area contributed by atoms with Gasteiger partial charge >= 0.3 is 0 Å². The van der Waals surface area contributed by atoms with E-state index in [-0.39, 0.29) is 5.91 Å². The summed E-state index contributed by atoms with van der Waals surface area (Å²) in [6.07, 6.45) is 11.9. The van der Waals surface area contributed by atoms with Gasteiger partial charge in [0.2, 0.25) is 0 Å². The van der Waals surface area contributed by atoms with Gasteiger partial charge in [0.15, 0.2) is 0 Å². The highest BCUT2D eigenvalue weighted by atomic mass is 16.1. The van der Waals surface area contributed by atoms with Crippen molar-refractivity contribution in [2.45, 2.75) is 57.9 Å². The minimum Gasteiger partial charge on any atom is -0.385 e. The Labute approximate surface area is 121 Å². The molecule has 4 heteroatoms. The summed E-state index contributed by atoms with van der Waals surface area (Å²) in [4.78, 5) is 16.5. The summed E-state index contributed by atoms with van der Waals surface area (Å²) in [6, 6.07) is 2.17. The van der Waals surface area contributed by atoms with Gasteiger partial charge in [0, 0.05) is 25.0 Å². The molecule has 2 rings (SSSR count). The fraction of sp³-hybridized carbons (Fsp3) is 0.625. The molecule has 1 aliphatic carbocycles. The Morgan fingerprint density at radius 3 is 2.65 bits per heavy atom. The lowest BCUT2D eigenvalue weighted by atomic mass is 9.96. The van der Waals surface area contributed by atoms with Crippen LogP contribution in [-0.4, -0.2) is 23.5 Å². The van der Waals surface area contributed by atoms with E-state index in [9.17, 15) is 4.79 Å². The van der Waals surface area contributed by atoms with E-state index in [0.29, 0.717) is 11.6 Å². The Kier molecular flexibility index (Phi) is 5.84. The molecule has 0 aromatic carbocycles. The molecule has 1 aromatic rings. The molecular formula is C16H25N3O. The molecule has 110 valence electrons. The number of amides is 1. The van der Waals surface area contributed by atoms with Gasteiger partial charge < -0.3 is 10.6 Å². The summed E-state index contributed by atoms with van der Waals surface area (Å²) in [5.41, 5.74) is 1.52. The van der Waals surface area contributed by atoms with Crippen molar-refractivity contribution < 1.29 is 4.79 Å². The summed E-state index contributed by atoms with van der Waals surface area (Å²) < 4.78 is 0. The normalized spacial score (nSPS) is 17.1. The first-order valence-corrected chi connectivity index (χ1v) is 7.80. The standard InChI is InChI=1S/C16H25N3O/c1-2-18-15-10-11-17-12-14(15)16(20)19-13-8-6-4-3-5-7-9-13/h10-13H,2-9H2,1H3,(H,17,18)(H,19,20). The fourth-order valence-electron chi connectivity index (χ4n) is 2.78. The second kappa shape index (κ2) is 7.88. The van der Waals surface area contributed by atoms with Crippen molar-refractivity contribution in [1.82, 2.24) is 10.3 Å². The maximum atomic E-state index is 12.4. The summed E-state index contributed by atoms with van der Waals surface area (Å²) in [5.74, 6) is -0.000349. The largest absolute Gasteiger partial charge is 0.385 e. The minimum absolute atomic E-state index is 0.000349. The third-order valence-electron chi connectivity index (χ3n) is 3.87. The summed E-state index contributed by atoms with van der Waals surface area (Å²) in [6.45, 7) is 2.82. The van der Waals surface area contributed by atoms with Crippen LogP contribution in [0, 0.1) is 0 Å². The van der Waals surface area contributed by atoms with Gasteiger partial charge in [-0.3, -0.25) is 9.78 Å². The second-order valence-corrected chi connectivity index (χ2v) is 5.47. The van der Waals surface area contributed by atoms with E-state index in [1.807, 2.05) is 13.0 Å². The smallest absolute Gasteiger partial charge is 0.255 e. The number of pyridine rings is 1. The van der Waals surface area contributed by atoms with Gasteiger partial charge in [-0.05, 0) is 25.8 Å². The van der Waals surface area contributed by atoms with Crippen molar-refractivity contribution in [3.8, 4) is 0 Å². The number of aromatic nitrogens is 1. The van der Waals surface area contributed by atoms with Crippen molar-refractivity contribution in [3.05, 3.63) is 24.0 Å². The number of hydrogen-bond donors (Lipinski definition) is 2. The zero-order valence-electron chi connectivity index (χ0n) is 12.3. The van der Waals surface area contributed by atoms with Gasteiger partial charge in [0.25, 0.3) is 5.91 Å². The predicted octanol–water partition coefficient (Wildman–Crippen LogP) is 3.36. The molecule has 1 saturated carbocycles. The third kappa shape index (κ3) is 4.22. The van der Waals surface area contributed by atoms with Gasteiger partial charge in [-0.1, -0.05) is 32.1 Å². The number of anilines is 1. The molecule has 2 N–H and O–H groups in total. The molecule has 1 fully saturated rings. The van der Waals surface area contributed by atoms with Gasteiger partial charge in [-0.25, -0.2) is 0 Å². The molecule has 0 spiro atoms. The number of nitrogens with zero attached hydrogens (tertiary/aromatic N) is 1. The first-order valence-electron chi connectivity index (χ1n) is 7.80. The van der Waals surface area contributed by atoms with Gasteiger partial charge in [-0.2, -0.15) is 0 Å². The van der Waals surface area contributed by atoms with Crippen molar-refractivity contribution >= 4 is 11.6 Å². The maximum Gasteiger partial charge on any atom is 0.255 e. The van der Waals surface area contributed by atoms with Gasteiger partial charge in [0.1, 0.15) is 0 Å². The number of rotatable bonds is 4. The Morgan fingerprint density at radius 1 is 1.25 bits per heavy atom.